The van der Waals surface area contributed by atoms with E-state index in [4.69, 9.17) is 21.7 Å². The van der Waals surface area contributed by atoms with Crippen molar-refractivity contribution in [2.45, 2.75) is 38.5 Å². The second kappa shape index (κ2) is 9.84. The van der Waals surface area contributed by atoms with Gasteiger partial charge in [-0.2, -0.15) is 0 Å². The fraction of sp³-hybridized carbons (Fsp3) is 0.381. The van der Waals surface area contributed by atoms with Gasteiger partial charge in [-0.3, -0.25) is 0 Å². The molecule has 1 aromatic carbocycles. The Morgan fingerprint density at radius 2 is 1.66 bits per heavy atom. The number of aryl methyl sites for hydroxylation is 1. The first-order chi connectivity index (χ1) is 14.0. The summed E-state index contributed by atoms with van der Waals surface area (Å²) < 4.78 is 9.86. The van der Waals surface area contributed by atoms with Gasteiger partial charge in [0.05, 0.1) is 31.0 Å². The molecule has 8 heteroatoms. The summed E-state index contributed by atoms with van der Waals surface area (Å²) in [5, 5.41) is 7.15. The molecule has 0 saturated carbocycles. The van der Waals surface area contributed by atoms with E-state index in [1.165, 1.54) is 31.9 Å². The first kappa shape index (κ1) is 21.3. The Morgan fingerprint density at radius 1 is 0.966 bits per heavy atom. The van der Waals surface area contributed by atoms with Crippen LogP contribution in [0.3, 0.4) is 0 Å². The van der Waals surface area contributed by atoms with E-state index in [1.807, 2.05) is 0 Å². The van der Waals surface area contributed by atoms with E-state index >= 15 is 0 Å². The van der Waals surface area contributed by atoms with Crippen molar-refractivity contribution in [2.75, 3.05) is 24.9 Å². The molecule has 2 N–H and O–H groups in total. The predicted octanol–water partition coefficient (Wildman–Crippen LogP) is 4.79. The first-order valence-electron chi connectivity index (χ1n) is 9.53. The Bertz CT molecular complexity index is 923. The van der Waals surface area contributed by atoms with Crippen molar-refractivity contribution in [3.63, 3.8) is 0 Å². The molecule has 0 amide bonds. The highest BCUT2D eigenvalue weighted by molar-refractivity contribution is 7.80. The number of benzene rings is 1. The second-order valence-electron chi connectivity index (χ2n) is 6.73. The molecule has 1 aliphatic rings. The van der Waals surface area contributed by atoms with E-state index in [0.717, 1.165) is 31.2 Å². The van der Waals surface area contributed by atoms with Gasteiger partial charge in [0.1, 0.15) is 5.00 Å². The first-order valence-corrected chi connectivity index (χ1v) is 10.8. The van der Waals surface area contributed by atoms with Crippen LogP contribution in [0.25, 0.3) is 0 Å². The number of anilines is 2. The number of esters is 2. The van der Waals surface area contributed by atoms with Crippen LogP contribution < -0.4 is 10.6 Å². The van der Waals surface area contributed by atoms with Gasteiger partial charge in [0.15, 0.2) is 5.11 Å². The third-order valence-electron chi connectivity index (χ3n) is 4.87. The number of fused-ring (bicyclic) bond motifs is 1. The molecule has 2 aromatic rings. The van der Waals surface area contributed by atoms with Crippen molar-refractivity contribution in [3.8, 4) is 0 Å². The van der Waals surface area contributed by atoms with Gasteiger partial charge < -0.3 is 20.1 Å². The highest BCUT2D eigenvalue weighted by Crippen LogP contribution is 2.37. The van der Waals surface area contributed by atoms with Gasteiger partial charge >= 0.3 is 11.9 Å². The van der Waals surface area contributed by atoms with Crippen molar-refractivity contribution < 1.29 is 19.1 Å². The number of nitrogens with one attached hydrogen (secondary N) is 2. The molecular weight excluding hydrogens is 408 g/mol. The maximum absolute atomic E-state index is 12.5. The minimum absolute atomic E-state index is 0.292. The van der Waals surface area contributed by atoms with Crippen molar-refractivity contribution in [3.05, 3.63) is 45.8 Å². The van der Waals surface area contributed by atoms with Crippen LogP contribution in [-0.2, 0) is 22.3 Å². The number of hydrogen-bond acceptors (Lipinski definition) is 6. The van der Waals surface area contributed by atoms with Crippen LogP contribution >= 0.6 is 23.6 Å². The number of carbonyl (C=O) groups excluding carboxylic acids is 2. The summed E-state index contributed by atoms with van der Waals surface area (Å²) in [6.45, 7) is 0. The van der Waals surface area contributed by atoms with Crippen molar-refractivity contribution in [2.24, 2.45) is 0 Å². The third kappa shape index (κ3) is 4.94. The number of rotatable bonds is 4. The number of para-hydroxylation sites is 1. The average Bonchev–Trinajstić information content (AvgIpc) is 3.03. The van der Waals surface area contributed by atoms with Crippen LogP contribution in [0.15, 0.2) is 24.3 Å². The predicted molar refractivity (Wildman–Crippen MR) is 119 cm³/mol. The lowest BCUT2D eigenvalue weighted by Gasteiger charge is -2.13. The largest absolute Gasteiger partial charge is 0.465 e. The van der Waals surface area contributed by atoms with Gasteiger partial charge in [0.25, 0.3) is 0 Å². The summed E-state index contributed by atoms with van der Waals surface area (Å²) in [4.78, 5) is 25.7. The summed E-state index contributed by atoms with van der Waals surface area (Å²) in [7, 11) is 2.72. The molecular formula is C21H24N2O4S2. The minimum atomic E-state index is -0.453. The van der Waals surface area contributed by atoms with E-state index in [2.05, 4.69) is 10.6 Å². The molecule has 6 nitrogen and oxygen atoms in total. The van der Waals surface area contributed by atoms with E-state index in [-0.39, 0.29) is 5.97 Å². The summed E-state index contributed by atoms with van der Waals surface area (Å²) in [6, 6.07) is 6.96. The molecule has 1 aliphatic carbocycles. The topological polar surface area (TPSA) is 76.7 Å². The van der Waals surface area contributed by atoms with Gasteiger partial charge in [0.2, 0.25) is 0 Å². The second-order valence-corrected chi connectivity index (χ2v) is 8.24. The smallest absolute Gasteiger partial charge is 0.341 e. The average molecular weight is 433 g/mol. The van der Waals surface area contributed by atoms with Crippen LogP contribution in [0.2, 0.25) is 0 Å². The van der Waals surface area contributed by atoms with E-state index in [1.54, 1.807) is 35.6 Å². The fourth-order valence-corrected chi connectivity index (χ4v) is 5.02. The van der Waals surface area contributed by atoms with E-state index in [9.17, 15) is 9.59 Å². The lowest BCUT2D eigenvalue weighted by Crippen LogP contribution is -2.21. The number of carbonyl (C=O) groups is 2. The van der Waals surface area contributed by atoms with Crippen LogP contribution in [0.4, 0.5) is 10.7 Å². The Morgan fingerprint density at radius 3 is 2.38 bits per heavy atom. The maximum Gasteiger partial charge on any atom is 0.341 e. The number of methoxy groups -OCH3 is 2. The highest BCUT2D eigenvalue weighted by Gasteiger charge is 2.25. The van der Waals surface area contributed by atoms with Crippen molar-refractivity contribution in [1.82, 2.24) is 0 Å². The quantitative estimate of drug-likeness (QED) is 0.531. The van der Waals surface area contributed by atoms with Gasteiger partial charge in [-0.1, -0.05) is 25.0 Å². The summed E-state index contributed by atoms with van der Waals surface area (Å²) >= 11 is 7.01. The fourth-order valence-electron chi connectivity index (χ4n) is 3.46. The maximum atomic E-state index is 12.5. The number of thiophene rings is 1. The molecule has 0 fully saturated rings. The number of hydrogen-bond donors (Lipinski definition) is 2. The van der Waals surface area contributed by atoms with Crippen LogP contribution in [0, 0.1) is 0 Å². The highest BCUT2D eigenvalue weighted by atomic mass is 32.1. The monoisotopic (exact) mass is 432 g/mol. The molecule has 0 atom stereocenters. The van der Waals surface area contributed by atoms with Crippen LogP contribution in [-0.4, -0.2) is 31.3 Å². The van der Waals surface area contributed by atoms with Crippen molar-refractivity contribution in [1.29, 1.82) is 0 Å². The SMILES string of the molecule is COC(=O)c1ccccc1NC(=S)Nc1sc2c(c1C(=O)OC)CCCCCC2. The normalized spacial score (nSPS) is 13.4. The molecule has 0 aliphatic heterocycles. The molecule has 0 bridgehead atoms. The van der Waals surface area contributed by atoms with Crippen LogP contribution in [0.5, 0.6) is 0 Å². The van der Waals surface area contributed by atoms with Crippen molar-refractivity contribution >= 4 is 51.3 Å². The molecule has 1 heterocycles. The molecule has 0 radical (unpaired) electrons. The molecule has 29 heavy (non-hydrogen) atoms. The Balaban J connectivity index is 1.86. The molecule has 1 aromatic heterocycles. The van der Waals surface area contributed by atoms with Gasteiger partial charge in [-0.05, 0) is 55.6 Å². The Labute approximate surface area is 179 Å². The summed E-state index contributed by atoms with van der Waals surface area (Å²) in [6.07, 6.45) is 6.37. The Kier molecular flexibility index (Phi) is 7.22. The zero-order valence-corrected chi connectivity index (χ0v) is 18.1. The van der Waals surface area contributed by atoms with Gasteiger partial charge in [-0.25, -0.2) is 9.59 Å². The zero-order chi connectivity index (χ0) is 20.8. The summed E-state index contributed by atoms with van der Waals surface area (Å²) in [5.74, 6) is -0.812. The minimum Gasteiger partial charge on any atom is -0.465 e. The zero-order valence-electron chi connectivity index (χ0n) is 16.5. The number of thiocarbonyl (C=S) groups is 1. The molecule has 0 saturated heterocycles. The molecule has 154 valence electrons. The van der Waals surface area contributed by atoms with Gasteiger partial charge in [-0.15, -0.1) is 11.3 Å². The molecule has 0 unspecified atom stereocenters. The Hall–Kier alpha value is -2.45. The molecule has 3 rings (SSSR count). The standard InChI is InChI=1S/C21H24N2O4S2/c1-26-19(24)13-9-7-8-11-15(13)22-21(28)23-18-17(20(25)27-2)14-10-5-3-4-6-12-16(14)29-18/h7-9,11H,3-6,10,12H2,1-2H3,(H2,22,23,28). The number of ether oxygens (including phenoxy) is 2. The van der Waals surface area contributed by atoms with Crippen LogP contribution in [0.1, 0.15) is 56.8 Å². The third-order valence-corrected chi connectivity index (χ3v) is 6.28. The summed E-state index contributed by atoms with van der Waals surface area (Å²) in [5.41, 5.74) is 2.55. The lowest BCUT2D eigenvalue weighted by molar-refractivity contribution is 0.0592. The van der Waals surface area contributed by atoms with Gasteiger partial charge in [0, 0.05) is 4.88 Å². The van der Waals surface area contributed by atoms with E-state index in [0.29, 0.717) is 26.9 Å². The lowest BCUT2D eigenvalue weighted by atomic mass is 9.96. The van der Waals surface area contributed by atoms with E-state index < -0.39 is 5.97 Å². The molecule has 0 spiro atoms.